The Balaban J connectivity index is 1.65. The number of hydrogen-bond acceptors (Lipinski definition) is 3. The van der Waals surface area contributed by atoms with Crippen LogP contribution in [0, 0.1) is 0 Å². The van der Waals surface area contributed by atoms with Crippen molar-refractivity contribution in [3.05, 3.63) is 95.6 Å². The summed E-state index contributed by atoms with van der Waals surface area (Å²) in [5, 5.41) is 3.78. The zero-order chi connectivity index (χ0) is 18.8. The number of benzene rings is 3. The highest BCUT2D eigenvalue weighted by atomic mass is 16.5. The SMILES string of the molecule is COc1ccc(CN(C)N2C(=O)C(c3ccccc3)c3ccccc32)cc1. The first-order valence-corrected chi connectivity index (χ1v) is 9.01. The van der Waals surface area contributed by atoms with E-state index in [-0.39, 0.29) is 11.8 Å². The van der Waals surface area contributed by atoms with E-state index >= 15 is 0 Å². The second-order valence-electron chi connectivity index (χ2n) is 6.72. The van der Waals surface area contributed by atoms with E-state index in [0.29, 0.717) is 6.54 Å². The summed E-state index contributed by atoms with van der Waals surface area (Å²) in [6.45, 7) is 0.631. The molecule has 4 rings (SSSR count). The third-order valence-electron chi connectivity index (χ3n) is 4.98. The molecule has 1 amide bonds. The smallest absolute Gasteiger partial charge is 0.253 e. The number of anilines is 1. The van der Waals surface area contributed by atoms with Crippen molar-refractivity contribution in [2.24, 2.45) is 0 Å². The van der Waals surface area contributed by atoms with E-state index in [4.69, 9.17) is 4.74 Å². The van der Waals surface area contributed by atoms with Crippen molar-refractivity contribution in [3.63, 3.8) is 0 Å². The molecule has 1 atom stereocenters. The van der Waals surface area contributed by atoms with Gasteiger partial charge in [0, 0.05) is 13.6 Å². The molecule has 3 aromatic rings. The van der Waals surface area contributed by atoms with E-state index in [9.17, 15) is 4.79 Å². The van der Waals surface area contributed by atoms with Gasteiger partial charge >= 0.3 is 0 Å². The molecular weight excluding hydrogens is 336 g/mol. The normalized spacial score (nSPS) is 15.9. The first-order chi connectivity index (χ1) is 13.2. The van der Waals surface area contributed by atoms with Gasteiger partial charge in [0.05, 0.1) is 18.7 Å². The molecule has 0 saturated carbocycles. The average Bonchev–Trinajstić information content (AvgIpc) is 3.01. The Labute approximate surface area is 159 Å². The van der Waals surface area contributed by atoms with Crippen LogP contribution in [0.3, 0.4) is 0 Å². The van der Waals surface area contributed by atoms with Crippen molar-refractivity contribution in [2.75, 3.05) is 19.2 Å². The fourth-order valence-corrected chi connectivity index (χ4v) is 3.68. The zero-order valence-corrected chi connectivity index (χ0v) is 15.5. The van der Waals surface area contributed by atoms with Crippen LogP contribution < -0.4 is 9.75 Å². The molecule has 0 saturated heterocycles. The molecule has 0 spiro atoms. The molecular formula is C23H22N2O2. The highest BCUT2D eigenvalue weighted by Gasteiger charge is 2.39. The zero-order valence-electron chi connectivity index (χ0n) is 15.5. The highest BCUT2D eigenvalue weighted by molar-refractivity contribution is 6.06. The summed E-state index contributed by atoms with van der Waals surface area (Å²) in [7, 11) is 3.61. The van der Waals surface area contributed by atoms with Gasteiger partial charge in [-0.25, -0.2) is 10.0 Å². The van der Waals surface area contributed by atoms with Crippen molar-refractivity contribution >= 4 is 11.6 Å². The van der Waals surface area contributed by atoms with Gasteiger partial charge < -0.3 is 4.74 Å². The van der Waals surface area contributed by atoms with Gasteiger partial charge in [-0.3, -0.25) is 4.79 Å². The molecule has 3 aromatic carbocycles. The van der Waals surface area contributed by atoms with E-state index in [1.165, 1.54) is 0 Å². The number of ether oxygens (including phenoxy) is 1. The maximum atomic E-state index is 13.4. The number of hydrogen-bond donors (Lipinski definition) is 0. The van der Waals surface area contributed by atoms with Crippen LogP contribution in [0.2, 0.25) is 0 Å². The molecule has 0 bridgehead atoms. The Kier molecular flexibility index (Phi) is 4.65. The topological polar surface area (TPSA) is 32.8 Å². The van der Waals surface area contributed by atoms with Crippen LogP contribution in [0.5, 0.6) is 5.75 Å². The van der Waals surface area contributed by atoms with Crippen LogP contribution in [0.25, 0.3) is 0 Å². The van der Waals surface area contributed by atoms with Gasteiger partial charge in [-0.2, -0.15) is 0 Å². The summed E-state index contributed by atoms with van der Waals surface area (Å²) >= 11 is 0. The number of amides is 1. The number of fused-ring (bicyclic) bond motifs is 1. The summed E-state index contributed by atoms with van der Waals surface area (Å²) in [6.07, 6.45) is 0. The second-order valence-corrected chi connectivity index (χ2v) is 6.72. The Morgan fingerprint density at radius 2 is 1.59 bits per heavy atom. The summed E-state index contributed by atoms with van der Waals surface area (Å²) < 4.78 is 5.22. The van der Waals surface area contributed by atoms with E-state index in [1.54, 1.807) is 12.1 Å². The van der Waals surface area contributed by atoms with Crippen LogP contribution >= 0.6 is 0 Å². The van der Waals surface area contributed by atoms with Gasteiger partial charge in [0.2, 0.25) is 0 Å². The van der Waals surface area contributed by atoms with Gasteiger partial charge in [0.25, 0.3) is 5.91 Å². The third kappa shape index (κ3) is 3.20. The van der Waals surface area contributed by atoms with Gasteiger partial charge in [-0.1, -0.05) is 60.7 Å². The minimum atomic E-state index is -0.263. The average molecular weight is 358 g/mol. The first-order valence-electron chi connectivity index (χ1n) is 9.01. The predicted octanol–water partition coefficient (Wildman–Crippen LogP) is 4.22. The molecule has 4 nitrogen and oxygen atoms in total. The monoisotopic (exact) mass is 358 g/mol. The summed E-state index contributed by atoms with van der Waals surface area (Å²) in [5.41, 5.74) is 4.14. The van der Waals surface area contributed by atoms with Crippen LogP contribution in [-0.2, 0) is 11.3 Å². The van der Waals surface area contributed by atoms with Gasteiger partial charge in [-0.15, -0.1) is 0 Å². The maximum Gasteiger partial charge on any atom is 0.253 e. The number of hydrazine groups is 1. The van der Waals surface area contributed by atoms with Gasteiger partial charge in [-0.05, 0) is 34.9 Å². The quantitative estimate of drug-likeness (QED) is 0.685. The minimum absolute atomic E-state index is 0.0819. The van der Waals surface area contributed by atoms with E-state index in [1.807, 2.05) is 90.9 Å². The summed E-state index contributed by atoms with van der Waals surface area (Å²) in [5.74, 6) is 0.646. The lowest BCUT2D eigenvalue weighted by Gasteiger charge is -2.29. The molecule has 1 heterocycles. The van der Waals surface area contributed by atoms with E-state index in [0.717, 1.165) is 28.1 Å². The van der Waals surface area contributed by atoms with Crippen molar-refractivity contribution in [3.8, 4) is 5.75 Å². The largest absolute Gasteiger partial charge is 0.497 e. The third-order valence-corrected chi connectivity index (χ3v) is 4.98. The van der Waals surface area contributed by atoms with Crippen LogP contribution in [0.1, 0.15) is 22.6 Å². The lowest BCUT2D eigenvalue weighted by atomic mass is 9.93. The first kappa shape index (κ1) is 17.3. The fraction of sp³-hybridized carbons (Fsp3) is 0.174. The Bertz CT molecular complexity index is 938. The van der Waals surface area contributed by atoms with Gasteiger partial charge in [0.15, 0.2) is 0 Å². The molecule has 1 aliphatic heterocycles. The van der Waals surface area contributed by atoms with Crippen LogP contribution in [-0.4, -0.2) is 25.1 Å². The van der Waals surface area contributed by atoms with Crippen LogP contribution in [0.4, 0.5) is 5.69 Å². The standard InChI is InChI=1S/C23H22N2O2/c1-24(16-17-12-14-19(27-2)15-13-17)25-21-11-7-6-10-20(21)22(23(25)26)18-8-4-3-5-9-18/h3-15,22H,16H2,1-2H3. The summed E-state index contributed by atoms with van der Waals surface area (Å²) in [6, 6.07) is 25.9. The number of methoxy groups -OCH3 is 1. The molecule has 1 unspecified atom stereocenters. The lowest BCUT2D eigenvalue weighted by Crippen LogP contribution is -2.42. The molecule has 0 aliphatic carbocycles. The van der Waals surface area contributed by atoms with E-state index in [2.05, 4.69) is 0 Å². The van der Waals surface area contributed by atoms with Crippen molar-refractivity contribution in [2.45, 2.75) is 12.5 Å². The highest BCUT2D eigenvalue weighted by Crippen LogP contribution is 2.41. The number of para-hydroxylation sites is 1. The van der Waals surface area contributed by atoms with Gasteiger partial charge in [0.1, 0.15) is 5.75 Å². The van der Waals surface area contributed by atoms with Crippen molar-refractivity contribution < 1.29 is 9.53 Å². The lowest BCUT2D eigenvalue weighted by molar-refractivity contribution is -0.121. The number of carbonyl (C=O) groups excluding carboxylic acids is 1. The molecule has 27 heavy (non-hydrogen) atoms. The van der Waals surface area contributed by atoms with Crippen molar-refractivity contribution in [1.29, 1.82) is 0 Å². The molecule has 1 aliphatic rings. The summed E-state index contributed by atoms with van der Waals surface area (Å²) in [4.78, 5) is 13.4. The van der Waals surface area contributed by atoms with Crippen LogP contribution in [0.15, 0.2) is 78.9 Å². The maximum absolute atomic E-state index is 13.4. The minimum Gasteiger partial charge on any atom is -0.497 e. The van der Waals surface area contributed by atoms with E-state index < -0.39 is 0 Å². The molecule has 0 aromatic heterocycles. The molecule has 0 N–H and O–H groups in total. The molecule has 4 heteroatoms. The molecule has 0 radical (unpaired) electrons. The number of carbonyl (C=O) groups is 1. The predicted molar refractivity (Wildman–Crippen MR) is 107 cm³/mol. The molecule has 136 valence electrons. The second kappa shape index (κ2) is 7.25. The molecule has 0 fully saturated rings. The van der Waals surface area contributed by atoms with Crippen molar-refractivity contribution in [1.82, 2.24) is 5.01 Å². The fourth-order valence-electron chi connectivity index (χ4n) is 3.68. The number of nitrogens with zero attached hydrogens (tertiary/aromatic N) is 2. The Hall–Kier alpha value is -3.11. The number of rotatable bonds is 5. The Morgan fingerprint density at radius 3 is 2.30 bits per heavy atom. The Morgan fingerprint density at radius 1 is 0.926 bits per heavy atom.